The van der Waals surface area contributed by atoms with Gasteiger partial charge in [-0.25, -0.2) is 14.4 Å². The van der Waals surface area contributed by atoms with E-state index >= 15 is 0 Å². The number of hydrogen-bond donors (Lipinski definition) is 2. The zero-order chi connectivity index (χ0) is 21.9. The molecule has 0 unspecified atom stereocenters. The molecule has 32 heavy (non-hydrogen) atoms. The summed E-state index contributed by atoms with van der Waals surface area (Å²) >= 11 is 0. The van der Waals surface area contributed by atoms with E-state index in [0.29, 0.717) is 40.0 Å². The highest BCUT2D eigenvalue weighted by Crippen LogP contribution is 2.25. The maximum atomic E-state index is 14.2. The minimum absolute atomic E-state index is 0.179. The summed E-state index contributed by atoms with van der Waals surface area (Å²) in [4.78, 5) is 23.8. The Hall–Kier alpha value is -4.60. The number of anilines is 1. The summed E-state index contributed by atoms with van der Waals surface area (Å²) < 4.78 is 20.8. The Bertz CT molecular complexity index is 1360. The van der Waals surface area contributed by atoms with Gasteiger partial charge in [0.25, 0.3) is 5.91 Å². The van der Waals surface area contributed by atoms with Gasteiger partial charge in [-0.15, -0.1) is 0 Å². The molecule has 0 aliphatic rings. The predicted molar refractivity (Wildman–Crippen MR) is 113 cm³/mol. The smallest absolute Gasteiger partial charge is 0.273 e. The van der Waals surface area contributed by atoms with Crippen LogP contribution in [0, 0.1) is 5.82 Å². The monoisotopic (exact) mass is 429 g/mol. The van der Waals surface area contributed by atoms with Crippen molar-refractivity contribution in [2.75, 3.05) is 5.32 Å². The summed E-state index contributed by atoms with van der Waals surface area (Å²) in [5.41, 5.74) is 2.47. The van der Waals surface area contributed by atoms with Crippen LogP contribution in [-0.4, -0.2) is 35.8 Å². The summed E-state index contributed by atoms with van der Waals surface area (Å²) in [6.07, 6.45) is 4.63. The standard InChI is InChI=1S/C22H16FN7O2/c23-15-5-2-1-4-14(15)13-30-19(16-8-11-32-29-16)12-18(28-30)21-25-10-7-20(26-21)27-22(31)17-6-3-9-24-17/h1-12,24H,13H2,(H,25,26,27,31). The molecule has 0 saturated carbocycles. The molecule has 0 saturated heterocycles. The summed E-state index contributed by atoms with van der Waals surface area (Å²) in [6, 6.07) is 14.9. The number of nitrogens with zero attached hydrogens (tertiary/aromatic N) is 5. The lowest BCUT2D eigenvalue weighted by molar-refractivity contribution is 0.102. The lowest BCUT2D eigenvalue weighted by Gasteiger charge is -2.06. The van der Waals surface area contributed by atoms with Crippen molar-refractivity contribution in [1.29, 1.82) is 0 Å². The van der Waals surface area contributed by atoms with Crippen molar-refractivity contribution in [2.45, 2.75) is 6.54 Å². The van der Waals surface area contributed by atoms with E-state index in [0.717, 1.165) is 0 Å². The fourth-order valence-electron chi connectivity index (χ4n) is 3.19. The van der Waals surface area contributed by atoms with Crippen LogP contribution in [-0.2, 0) is 6.54 Å². The van der Waals surface area contributed by atoms with Gasteiger partial charge in [-0.05, 0) is 30.3 Å². The Labute approximate surface area is 180 Å². The molecule has 0 aliphatic carbocycles. The maximum Gasteiger partial charge on any atom is 0.273 e. The average molecular weight is 429 g/mol. The summed E-state index contributed by atoms with van der Waals surface area (Å²) in [6.45, 7) is 0.179. The van der Waals surface area contributed by atoms with Gasteiger partial charge in [0, 0.05) is 24.0 Å². The second-order valence-corrected chi connectivity index (χ2v) is 6.85. The Morgan fingerprint density at radius 2 is 2.03 bits per heavy atom. The van der Waals surface area contributed by atoms with Gasteiger partial charge in [-0.2, -0.15) is 5.10 Å². The highest BCUT2D eigenvalue weighted by atomic mass is 19.1. The summed E-state index contributed by atoms with van der Waals surface area (Å²) in [5.74, 6) is -0.0403. The second-order valence-electron chi connectivity index (χ2n) is 6.85. The largest absolute Gasteiger partial charge is 0.364 e. The number of rotatable bonds is 6. The zero-order valence-electron chi connectivity index (χ0n) is 16.6. The molecule has 158 valence electrons. The highest BCUT2D eigenvalue weighted by molar-refractivity contribution is 6.02. The molecule has 2 N–H and O–H groups in total. The number of carbonyl (C=O) groups is 1. The topological polar surface area (TPSA) is 115 Å². The molecule has 1 aromatic carbocycles. The first kappa shape index (κ1) is 19.4. The molecule has 5 aromatic rings. The van der Waals surface area contributed by atoms with Crippen molar-refractivity contribution in [3.05, 3.63) is 90.3 Å². The Morgan fingerprint density at radius 1 is 1.12 bits per heavy atom. The molecular weight excluding hydrogens is 413 g/mol. The van der Waals surface area contributed by atoms with Crippen LogP contribution in [0.2, 0.25) is 0 Å². The Kier molecular flexibility index (Phi) is 5.00. The summed E-state index contributed by atoms with van der Waals surface area (Å²) in [7, 11) is 0. The molecule has 5 rings (SSSR count). The van der Waals surface area contributed by atoms with Crippen LogP contribution in [0.15, 0.2) is 77.8 Å². The van der Waals surface area contributed by atoms with Gasteiger partial charge in [-0.1, -0.05) is 23.4 Å². The number of halogens is 1. The third-order valence-corrected chi connectivity index (χ3v) is 4.73. The van der Waals surface area contributed by atoms with Crippen molar-refractivity contribution >= 4 is 11.7 Å². The van der Waals surface area contributed by atoms with Crippen molar-refractivity contribution in [3.63, 3.8) is 0 Å². The van der Waals surface area contributed by atoms with Gasteiger partial charge in [0.1, 0.15) is 35.0 Å². The third-order valence-electron chi connectivity index (χ3n) is 4.73. The number of amides is 1. The maximum absolute atomic E-state index is 14.2. The van der Waals surface area contributed by atoms with Crippen LogP contribution < -0.4 is 5.32 Å². The van der Waals surface area contributed by atoms with Crippen molar-refractivity contribution in [2.24, 2.45) is 0 Å². The van der Waals surface area contributed by atoms with Gasteiger partial charge < -0.3 is 14.8 Å². The number of nitrogens with one attached hydrogen (secondary N) is 2. The van der Waals surface area contributed by atoms with Crippen molar-refractivity contribution in [3.8, 4) is 22.9 Å². The van der Waals surface area contributed by atoms with Crippen LogP contribution in [0.1, 0.15) is 16.1 Å². The number of carbonyl (C=O) groups excluding carboxylic acids is 1. The molecule has 10 heteroatoms. The summed E-state index contributed by atoms with van der Waals surface area (Å²) in [5, 5.41) is 11.3. The lowest BCUT2D eigenvalue weighted by atomic mass is 10.2. The SMILES string of the molecule is O=C(Nc1ccnc(-c2cc(-c3ccon3)n(Cc3ccccc3F)n2)n1)c1ccc[nH]1. The second kappa shape index (κ2) is 8.26. The third kappa shape index (κ3) is 3.88. The molecule has 9 nitrogen and oxygen atoms in total. The van der Waals surface area contributed by atoms with E-state index in [1.54, 1.807) is 59.4 Å². The fourth-order valence-corrected chi connectivity index (χ4v) is 3.19. The Morgan fingerprint density at radius 3 is 2.81 bits per heavy atom. The quantitative estimate of drug-likeness (QED) is 0.425. The minimum atomic E-state index is -0.332. The van der Waals surface area contributed by atoms with E-state index in [1.807, 2.05) is 0 Å². The molecule has 0 bridgehead atoms. The molecule has 0 spiro atoms. The molecule has 0 radical (unpaired) electrons. The van der Waals surface area contributed by atoms with E-state index in [4.69, 9.17) is 4.52 Å². The molecular formula is C22H16FN7O2. The number of aromatic nitrogens is 6. The first-order chi connectivity index (χ1) is 15.7. The highest BCUT2D eigenvalue weighted by Gasteiger charge is 2.17. The molecule has 4 heterocycles. The fraction of sp³-hybridized carbons (Fsp3) is 0.0455. The number of hydrogen-bond acceptors (Lipinski definition) is 6. The average Bonchev–Trinajstić information content (AvgIpc) is 3.57. The van der Waals surface area contributed by atoms with Crippen LogP contribution >= 0.6 is 0 Å². The van der Waals surface area contributed by atoms with E-state index in [9.17, 15) is 9.18 Å². The Balaban J connectivity index is 1.49. The predicted octanol–water partition coefficient (Wildman–Crippen LogP) is 3.76. The minimum Gasteiger partial charge on any atom is -0.364 e. The molecule has 4 aromatic heterocycles. The van der Waals surface area contributed by atoms with Crippen molar-refractivity contribution < 1.29 is 13.7 Å². The van der Waals surface area contributed by atoms with E-state index in [1.165, 1.54) is 18.5 Å². The molecule has 0 atom stereocenters. The first-order valence-corrected chi connectivity index (χ1v) is 9.67. The van der Waals surface area contributed by atoms with Crippen LogP contribution in [0.5, 0.6) is 0 Å². The van der Waals surface area contributed by atoms with Gasteiger partial charge in [0.05, 0.1) is 12.2 Å². The van der Waals surface area contributed by atoms with Crippen molar-refractivity contribution in [1.82, 2.24) is 29.9 Å². The van der Waals surface area contributed by atoms with Crippen LogP contribution in [0.4, 0.5) is 10.2 Å². The molecule has 0 aliphatic heterocycles. The van der Waals surface area contributed by atoms with Gasteiger partial charge in [-0.3, -0.25) is 9.48 Å². The van der Waals surface area contributed by atoms with Gasteiger partial charge in [0.15, 0.2) is 5.82 Å². The number of aromatic amines is 1. The number of benzene rings is 1. The number of H-pyrrole nitrogens is 1. The van der Waals surface area contributed by atoms with Gasteiger partial charge >= 0.3 is 0 Å². The molecule has 1 amide bonds. The van der Waals surface area contributed by atoms with Crippen LogP contribution in [0.3, 0.4) is 0 Å². The van der Waals surface area contributed by atoms with Gasteiger partial charge in [0.2, 0.25) is 0 Å². The van der Waals surface area contributed by atoms with E-state index in [-0.39, 0.29) is 18.3 Å². The zero-order valence-corrected chi connectivity index (χ0v) is 16.6. The van der Waals surface area contributed by atoms with E-state index in [2.05, 4.69) is 30.5 Å². The molecule has 0 fully saturated rings. The lowest BCUT2D eigenvalue weighted by Crippen LogP contribution is -2.13. The first-order valence-electron chi connectivity index (χ1n) is 9.67. The normalized spacial score (nSPS) is 10.9. The van der Waals surface area contributed by atoms with E-state index < -0.39 is 0 Å². The van der Waals surface area contributed by atoms with Crippen LogP contribution in [0.25, 0.3) is 22.9 Å².